The van der Waals surface area contributed by atoms with Crippen LogP contribution in [0.1, 0.15) is 134 Å². The van der Waals surface area contributed by atoms with Gasteiger partial charge in [-0.25, -0.2) is 4.57 Å². The molecule has 0 aliphatic heterocycles. The number of phosphoric ester groups is 1. The van der Waals surface area contributed by atoms with Crippen molar-refractivity contribution in [2.24, 2.45) is 0 Å². The molecule has 0 spiro atoms. The average molecular weight is 517 g/mol. The molecule has 0 heterocycles. The van der Waals surface area contributed by atoms with Gasteiger partial charge in [0.1, 0.15) is 6.10 Å². The molecule has 0 aliphatic carbocycles. The summed E-state index contributed by atoms with van der Waals surface area (Å²) >= 11 is 0. The van der Waals surface area contributed by atoms with E-state index in [2.05, 4.69) is 107 Å². The van der Waals surface area contributed by atoms with E-state index in [0.29, 0.717) is 0 Å². The fourth-order valence-electron chi connectivity index (χ4n) is 4.79. The number of hydrogen-bond acceptors (Lipinski definition) is 2. The Balaban J connectivity index is 3.11. The number of rotatable bonds is 4. The molecule has 0 aromatic heterocycles. The SMILES string of the molecule is Cc1cc(C(C)(C)C)cc(C(C)(C)C)c1C(OP(=O)(O)O)c1c(C)cc(C(C)(C)C)cc1C(C)(C)C. The largest absolute Gasteiger partial charge is 0.470 e. The van der Waals surface area contributed by atoms with Crippen LogP contribution in [-0.2, 0) is 30.7 Å². The number of benzene rings is 2. The van der Waals surface area contributed by atoms with Crippen LogP contribution in [0.5, 0.6) is 0 Å². The van der Waals surface area contributed by atoms with E-state index >= 15 is 0 Å². The van der Waals surface area contributed by atoms with Crippen molar-refractivity contribution in [3.05, 3.63) is 68.8 Å². The van der Waals surface area contributed by atoms with Crippen molar-refractivity contribution in [2.75, 3.05) is 0 Å². The molecular weight excluding hydrogens is 467 g/mol. The van der Waals surface area contributed by atoms with Gasteiger partial charge in [0.05, 0.1) is 0 Å². The lowest BCUT2D eigenvalue weighted by Gasteiger charge is -2.36. The van der Waals surface area contributed by atoms with Crippen LogP contribution in [0.4, 0.5) is 0 Å². The summed E-state index contributed by atoms with van der Waals surface area (Å²) in [5.74, 6) is 0. The van der Waals surface area contributed by atoms with Crippen LogP contribution in [0.15, 0.2) is 24.3 Å². The van der Waals surface area contributed by atoms with Crippen molar-refractivity contribution in [3.8, 4) is 0 Å². The van der Waals surface area contributed by atoms with Crippen LogP contribution in [-0.4, -0.2) is 9.79 Å². The zero-order valence-corrected chi connectivity index (χ0v) is 25.9. The summed E-state index contributed by atoms with van der Waals surface area (Å²) in [4.78, 5) is 20.3. The first-order valence-corrected chi connectivity index (χ1v) is 14.4. The molecule has 0 unspecified atom stereocenters. The molecule has 5 heteroatoms. The molecule has 0 bridgehead atoms. The Morgan fingerprint density at radius 1 is 0.611 bits per heavy atom. The lowest BCUT2D eigenvalue weighted by atomic mass is 9.72. The molecule has 0 fully saturated rings. The third-order valence-electron chi connectivity index (χ3n) is 6.89. The summed E-state index contributed by atoms with van der Waals surface area (Å²) < 4.78 is 18.2. The third-order valence-corrected chi connectivity index (χ3v) is 7.37. The van der Waals surface area contributed by atoms with Gasteiger partial charge in [0.2, 0.25) is 0 Å². The van der Waals surface area contributed by atoms with E-state index in [4.69, 9.17) is 4.52 Å². The first kappa shape index (κ1) is 30.8. The van der Waals surface area contributed by atoms with Crippen molar-refractivity contribution in [1.82, 2.24) is 0 Å². The highest BCUT2D eigenvalue weighted by molar-refractivity contribution is 7.46. The average Bonchev–Trinajstić information content (AvgIpc) is 2.61. The van der Waals surface area contributed by atoms with Gasteiger partial charge in [-0.1, -0.05) is 107 Å². The molecule has 2 rings (SSSR count). The fraction of sp³-hybridized carbons (Fsp3) is 0.613. The van der Waals surface area contributed by atoms with E-state index in [1.165, 1.54) is 11.1 Å². The monoisotopic (exact) mass is 516 g/mol. The molecule has 0 saturated carbocycles. The summed E-state index contributed by atoms with van der Waals surface area (Å²) in [7, 11) is -4.83. The van der Waals surface area contributed by atoms with Gasteiger partial charge in [-0.3, -0.25) is 4.52 Å². The molecule has 2 N–H and O–H groups in total. The van der Waals surface area contributed by atoms with Gasteiger partial charge in [-0.15, -0.1) is 0 Å². The van der Waals surface area contributed by atoms with Crippen LogP contribution in [0, 0.1) is 13.8 Å². The standard InChI is InChI=1S/C31H49O4P/c1-19-15-21(28(3,4)5)17-23(30(9,10)11)25(19)27(35-36(32,33)34)26-20(2)16-22(29(6,7)8)18-24(26)31(12,13)14/h15-18,27H,1-14H3,(H2,32,33,34). The molecule has 4 nitrogen and oxygen atoms in total. The predicted molar refractivity (Wildman–Crippen MR) is 152 cm³/mol. The molecule has 36 heavy (non-hydrogen) atoms. The van der Waals surface area contributed by atoms with E-state index < -0.39 is 13.9 Å². The highest BCUT2D eigenvalue weighted by Gasteiger charge is 2.37. The topological polar surface area (TPSA) is 66.8 Å². The molecule has 0 amide bonds. The smallest absolute Gasteiger partial charge is 0.303 e. The molecule has 202 valence electrons. The van der Waals surface area contributed by atoms with Gasteiger partial charge >= 0.3 is 7.82 Å². The molecule has 0 atom stereocenters. The van der Waals surface area contributed by atoms with Crippen molar-refractivity contribution < 1.29 is 18.9 Å². The zero-order valence-electron chi connectivity index (χ0n) is 25.0. The maximum Gasteiger partial charge on any atom is 0.470 e. The van der Waals surface area contributed by atoms with Gasteiger partial charge in [0.15, 0.2) is 0 Å². The summed E-state index contributed by atoms with van der Waals surface area (Å²) in [5.41, 5.74) is 7.46. The van der Waals surface area contributed by atoms with Gasteiger partial charge in [-0.05, 0) is 80.0 Å². The van der Waals surface area contributed by atoms with Gasteiger partial charge in [-0.2, -0.15) is 0 Å². The van der Waals surface area contributed by atoms with Crippen LogP contribution in [0.25, 0.3) is 0 Å². The number of phosphoric acid groups is 1. The first-order valence-electron chi connectivity index (χ1n) is 12.9. The van der Waals surface area contributed by atoms with E-state index in [0.717, 1.165) is 33.4 Å². The molecule has 0 radical (unpaired) electrons. The van der Waals surface area contributed by atoms with Crippen LogP contribution < -0.4 is 0 Å². The highest BCUT2D eigenvalue weighted by atomic mass is 31.2. The molecule has 0 saturated heterocycles. The molecule has 2 aromatic carbocycles. The Bertz CT molecular complexity index is 1080. The second-order valence-corrected chi connectivity index (χ2v) is 15.7. The van der Waals surface area contributed by atoms with Crippen LogP contribution in [0.3, 0.4) is 0 Å². The molecule has 2 aromatic rings. The minimum Gasteiger partial charge on any atom is -0.303 e. The fourth-order valence-corrected chi connectivity index (χ4v) is 5.27. The molecular formula is C31H49O4P. The Hall–Kier alpha value is -1.45. The van der Waals surface area contributed by atoms with Crippen LogP contribution >= 0.6 is 7.82 Å². The normalized spacial score (nSPS) is 14.0. The summed E-state index contributed by atoms with van der Waals surface area (Å²) in [6.45, 7) is 30.0. The number of hydrogen-bond donors (Lipinski definition) is 2. The van der Waals surface area contributed by atoms with Crippen molar-refractivity contribution in [1.29, 1.82) is 0 Å². The zero-order chi connectivity index (χ0) is 28.2. The van der Waals surface area contributed by atoms with Crippen molar-refractivity contribution >= 4 is 7.82 Å². The second kappa shape index (κ2) is 9.70. The van der Waals surface area contributed by atoms with Crippen molar-refractivity contribution in [3.63, 3.8) is 0 Å². The Kier molecular flexibility index (Phi) is 8.29. The Labute approximate surface area is 220 Å². The van der Waals surface area contributed by atoms with E-state index in [1.807, 2.05) is 13.8 Å². The quantitative estimate of drug-likeness (QED) is 0.399. The first-order chi connectivity index (χ1) is 15.8. The maximum atomic E-state index is 12.5. The van der Waals surface area contributed by atoms with Gasteiger partial charge < -0.3 is 9.79 Å². The lowest BCUT2D eigenvalue weighted by molar-refractivity contribution is 0.154. The third kappa shape index (κ3) is 7.10. The predicted octanol–water partition coefficient (Wildman–Crippen LogP) is 8.69. The van der Waals surface area contributed by atoms with Crippen molar-refractivity contribution in [2.45, 2.75) is 125 Å². The van der Waals surface area contributed by atoms with Gasteiger partial charge in [0.25, 0.3) is 0 Å². The summed E-state index contributed by atoms with van der Waals surface area (Å²) in [6.07, 6.45) is -0.905. The van der Waals surface area contributed by atoms with E-state index in [1.54, 1.807) is 0 Å². The minimum atomic E-state index is -4.83. The maximum absolute atomic E-state index is 12.5. The summed E-state index contributed by atoms with van der Waals surface area (Å²) in [5, 5.41) is 0. The Morgan fingerprint density at radius 2 is 0.917 bits per heavy atom. The second-order valence-electron chi connectivity index (χ2n) is 14.5. The van der Waals surface area contributed by atoms with Crippen LogP contribution in [0.2, 0.25) is 0 Å². The van der Waals surface area contributed by atoms with Gasteiger partial charge in [0, 0.05) is 0 Å². The Morgan fingerprint density at radius 3 is 1.14 bits per heavy atom. The molecule has 0 aliphatic rings. The summed E-state index contributed by atoms with van der Waals surface area (Å²) in [6, 6.07) is 8.70. The lowest BCUT2D eigenvalue weighted by Crippen LogP contribution is -2.25. The van der Waals surface area contributed by atoms with E-state index in [9.17, 15) is 14.4 Å². The number of aryl methyl sites for hydroxylation is 2. The minimum absolute atomic E-state index is 0.0657. The highest BCUT2D eigenvalue weighted by Crippen LogP contribution is 2.51. The van der Waals surface area contributed by atoms with E-state index in [-0.39, 0.29) is 21.7 Å².